The lowest BCUT2D eigenvalue weighted by Crippen LogP contribution is -2.31. The Labute approximate surface area is 93.8 Å². The van der Waals surface area contributed by atoms with E-state index in [1.165, 1.54) is 6.07 Å². The topological polar surface area (TPSA) is 71.2 Å². The lowest BCUT2D eigenvalue weighted by molar-refractivity contribution is 0.0929. The fourth-order valence-corrected chi connectivity index (χ4v) is 1.29. The first kappa shape index (κ1) is 12.4. The maximum absolute atomic E-state index is 11.6. The van der Waals surface area contributed by atoms with Crippen molar-refractivity contribution in [3.05, 3.63) is 34.2 Å². The second kappa shape index (κ2) is 6.07. The van der Waals surface area contributed by atoms with E-state index in [1.54, 1.807) is 19.2 Å². The summed E-state index contributed by atoms with van der Waals surface area (Å²) < 4.78 is 4.95. The number of pyridine rings is 1. The number of aromatic amines is 1. The van der Waals surface area contributed by atoms with Crippen LogP contribution < -0.4 is 10.9 Å². The van der Waals surface area contributed by atoms with Crippen molar-refractivity contribution in [2.75, 3.05) is 20.3 Å². The van der Waals surface area contributed by atoms with Gasteiger partial charge in [0, 0.05) is 19.7 Å². The summed E-state index contributed by atoms with van der Waals surface area (Å²) in [5.74, 6) is -0.0370. The van der Waals surface area contributed by atoms with Crippen molar-refractivity contribution in [1.82, 2.24) is 10.3 Å². The molecule has 1 aromatic heterocycles. The molecule has 0 fully saturated rings. The quantitative estimate of drug-likeness (QED) is 0.760. The van der Waals surface area contributed by atoms with Gasteiger partial charge in [-0.2, -0.15) is 0 Å². The minimum atomic E-state index is -0.280. The number of H-pyrrole nitrogens is 1. The molecule has 0 bridgehead atoms. The van der Waals surface area contributed by atoms with Crippen LogP contribution in [0.2, 0.25) is 0 Å². The molecule has 0 aliphatic carbocycles. The third kappa shape index (κ3) is 3.86. The Morgan fingerprint density at radius 2 is 2.31 bits per heavy atom. The van der Waals surface area contributed by atoms with Gasteiger partial charge in [0.05, 0.1) is 6.61 Å². The number of hydrogen-bond acceptors (Lipinski definition) is 3. The van der Waals surface area contributed by atoms with E-state index in [-0.39, 0.29) is 23.1 Å². The number of carbonyl (C=O) groups excluding carboxylic acids is 1. The first-order valence-corrected chi connectivity index (χ1v) is 5.10. The number of methoxy groups -OCH3 is 1. The molecule has 0 aliphatic heterocycles. The SMILES string of the molecule is COCC(C)CNC(=O)c1cccc(=O)[nH]1. The van der Waals surface area contributed by atoms with Crippen molar-refractivity contribution in [3.8, 4) is 0 Å². The molecular formula is C11H16N2O3. The first-order valence-electron chi connectivity index (χ1n) is 5.10. The third-order valence-electron chi connectivity index (χ3n) is 2.08. The predicted octanol–water partition coefficient (Wildman–Crippen LogP) is 0.387. The first-order chi connectivity index (χ1) is 7.63. The Hall–Kier alpha value is -1.62. The molecule has 1 amide bonds. The van der Waals surface area contributed by atoms with Crippen molar-refractivity contribution in [2.45, 2.75) is 6.92 Å². The Bertz CT molecular complexity index is 400. The van der Waals surface area contributed by atoms with Gasteiger partial charge in [-0.25, -0.2) is 0 Å². The van der Waals surface area contributed by atoms with E-state index in [1.807, 2.05) is 6.92 Å². The van der Waals surface area contributed by atoms with Gasteiger partial charge in [-0.15, -0.1) is 0 Å². The smallest absolute Gasteiger partial charge is 0.267 e. The molecule has 1 heterocycles. The molecule has 0 radical (unpaired) electrons. The zero-order valence-corrected chi connectivity index (χ0v) is 9.45. The predicted molar refractivity (Wildman–Crippen MR) is 60.4 cm³/mol. The highest BCUT2D eigenvalue weighted by atomic mass is 16.5. The van der Waals surface area contributed by atoms with Crippen molar-refractivity contribution in [1.29, 1.82) is 0 Å². The fraction of sp³-hybridized carbons (Fsp3) is 0.455. The number of hydrogen-bond donors (Lipinski definition) is 2. The van der Waals surface area contributed by atoms with Gasteiger partial charge in [0.2, 0.25) is 5.56 Å². The van der Waals surface area contributed by atoms with Crippen molar-refractivity contribution in [3.63, 3.8) is 0 Å². The van der Waals surface area contributed by atoms with Crippen LogP contribution in [0.15, 0.2) is 23.0 Å². The standard InChI is InChI=1S/C11H16N2O3/c1-8(7-16-2)6-12-11(15)9-4-3-5-10(14)13-9/h3-5,8H,6-7H2,1-2H3,(H,12,15)(H,13,14). The number of nitrogens with one attached hydrogen (secondary N) is 2. The highest BCUT2D eigenvalue weighted by Crippen LogP contribution is 1.94. The van der Waals surface area contributed by atoms with Crippen LogP contribution in [0.25, 0.3) is 0 Å². The molecule has 5 nitrogen and oxygen atoms in total. The molecule has 16 heavy (non-hydrogen) atoms. The molecule has 0 saturated carbocycles. The number of ether oxygens (including phenoxy) is 1. The van der Waals surface area contributed by atoms with Gasteiger partial charge in [-0.3, -0.25) is 9.59 Å². The van der Waals surface area contributed by atoms with Gasteiger partial charge in [0.1, 0.15) is 5.69 Å². The zero-order chi connectivity index (χ0) is 12.0. The van der Waals surface area contributed by atoms with Crippen LogP contribution in [0.3, 0.4) is 0 Å². The summed E-state index contributed by atoms with van der Waals surface area (Å²) >= 11 is 0. The molecule has 0 spiro atoms. The van der Waals surface area contributed by atoms with Gasteiger partial charge in [0.15, 0.2) is 0 Å². The number of carbonyl (C=O) groups is 1. The van der Waals surface area contributed by atoms with Gasteiger partial charge >= 0.3 is 0 Å². The normalized spacial score (nSPS) is 12.1. The zero-order valence-electron chi connectivity index (χ0n) is 9.45. The maximum atomic E-state index is 11.6. The Balaban J connectivity index is 2.50. The fourth-order valence-electron chi connectivity index (χ4n) is 1.29. The Morgan fingerprint density at radius 3 is 2.94 bits per heavy atom. The summed E-state index contributed by atoms with van der Waals surface area (Å²) in [5.41, 5.74) is -0.00490. The monoisotopic (exact) mass is 224 g/mol. The molecule has 2 N–H and O–H groups in total. The molecule has 1 aromatic rings. The van der Waals surface area contributed by atoms with E-state index < -0.39 is 0 Å². The summed E-state index contributed by atoms with van der Waals surface area (Å²) in [5, 5.41) is 2.72. The molecule has 1 unspecified atom stereocenters. The number of rotatable bonds is 5. The second-order valence-corrected chi connectivity index (χ2v) is 3.70. The number of amides is 1. The van der Waals surface area contributed by atoms with Crippen LogP contribution >= 0.6 is 0 Å². The summed E-state index contributed by atoms with van der Waals surface area (Å²) in [7, 11) is 1.62. The molecular weight excluding hydrogens is 208 g/mol. The molecule has 5 heteroatoms. The van der Waals surface area contributed by atoms with Gasteiger partial charge in [-0.05, 0) is 12.0 Å². The summed E-state index contributed by atoms with van der Waals surface area (Å²) in [6.45, 7) is 3.08. The van der Waals surface area contributed by atoms with E-state index in [9.17, 15) is 9.59 Å². The molecule has 1 rings (SSSR count). The highest BCUT2D eigenvalue weighted by molar-refractivity contribution is 5.92. The van der Waals surface area contributed by atoms with Crippen LogP contribution in [0.5, 0.6) is 0 Å². The van der Waals surface area contributed by atoms with Gasteiger partial charge in [-0.1, -0.05) is 13.0 Å². The molecule has 0 aliphatic rings. The molecule has 88 valence electrons. The van der Waals surface area contributed by atoms with E-state index in [2.05, 4.69) is 10.3 Å². The van der Waals surface area contributed by atoms with Crippen molar-refractivity contribution in [2.24, 2.45) is 5.92 Å². The summed E-state index contributed by atoms with van der Waals surface area (Å²) in [6, 6.07) is 4.48. The molecule has 0 aromatic carbocycles. The Morgan fingerprint density at radius 1 is 1.56 bits per heavy atom. The summed E-state index contributed by atoms with van der Waals surface area (Å²) in [6.07, 6.45) is 0. The van der Waals surface area contributed by atoms with E-state index in [4.69, 9.17) is 4.74 Å². The largest absolute Gasteiger partial charge is 0.384 e. The number of aromatic nitrogens is 1. The minimum absolute atomic E-state index is 0.240. The molecule has 1 atom stereocenters. The van der Waals surface area contributed by atoms with Crippen LogP contribution in [0, 0.1) is 5.92 Å². The van der Waals surface area contributed by atoms with Crippen LogP contribution in [0.1, 0.15) is 17.4 Å². The van der Waals surface area contributed by atoms with E-state index in [0.717, 1.165) is 0 Å². The van der Waals surface area contributed by atoms with Gasteiger partial charge < -0.3 is 15.0 Å². The third-order valence-corrected chi connectivity index (χ3v) is 2.08. The van der Waals surface area contributed by atoms with E-state index >= 15 is 0 Å². The average Bonchev–Trinajstić information content (AvgIpc) is 2.26. The van der Waals surface area contributed by atoms with Gasteiger partial charge in [0.25, 0.3) is 5.91 Å². The maximum Gasteiger partial charge on any atom is 0.267 e. The second-order valence-electron chi connectivity index (χ2n) is 3.70. The Kier molecular flexibility index (Phi) is 4.72. The highest BCUT2D eigenvalue weighted by Gasteiger charge is 2.07. The average molecular weight is 224 g/mol. The molecule has 0 saturated heterocycles. The van der Waals surface area contributed by atoms with E-state index in [0.29, 0.717) is 13.2 Å². The lowest BCUT2D eigenvalue weighted by atomic mass is 10.2. The summed E-state index contributed by atoms with van der Waals surface area (Å²) in [4.78, 5) is 25.0. The van der Waals surface area contributed by atoms with Crippen LogP contribution in [-0.2, 0) is 4.74 Å². The lowest BCUT2D eigenvalue weighted by Gasteiger charge is -2.11. The van der Waals surface area contributed by atoms with Crippen LogP contribution in [0.4, 0.5) is 0 Å². The van der Waals surface area contributed by atoms with Crippen molar-refractivity contribution >= 4 is 5.91 Å². The van der Waals surface area contributed by atoms with Crippen molar-refractivity contribution < 1.29 is 9.53 Å². The minimum Gasteiger partial charge on any atom is -0.384 e. The van der Waals surface area contributed by atoms with Crippen LogP contribution in [-0.4, -0.2) is 31.2 Å².